The van der Waals surface area contributed by atoms with Crippen LogP contribution in [0.5, 0.6) is 0 Å². The lowest BCUT2D eigenvalue weighted by atomic mass is 10.2. The second-order valence-corrected chi connectivity index (χ2v) is 3.93. The molecule has 0 aliphatic carbocycles. The Morgan fingerprint density at radius 1 is 1.43 bits per heavy atom. The first-order valence-electron chi connectivity index (χ1n) is 4.67. The normalized spacial score (nSPS) is 21.1. The monoisotopic (exact) mass is 214 g/mol. The van der Waals surface area contributed by atoms with Gasteiger partial charge in [0, 0.05) is 23.3 Å². The molecule has 2 N–H and O–H groups in total. The van der Waals surface area contributed by atoms with E-state index in [9.17, 15) is 4.39 Å². The van der Waals surface area contributed by atoms with Gasteiger partial charge in [-0.15, -0.1) is 0 Å². The molecule has 4 heteroatoms. The third-order valence-electron chi connectivity index (χ3n) is 2.29. The molecule has 0 saturated carbocycles. The second kappa shape index (κ2) is 4.15. The molecule has 2 rings (SSSR count). The molecule has 0 spiro atoms. The fraction of sp³-hybridized carbons (Fsp3) is 0.400. The summed E-state index contributed by atoms with van der Waals surface area (Å²) in [6.45, 7) is 1.94. The number of anilines is 1. The van der Waals surface area contributed by atoms with Crippen LogP contribution < -0.4 is 10.6 Å². The topological polar surface area (TPSA) is 24.1 Å². The molecule has 1 aliphatic rings. The quantitative estimate of drug-likeness (QED) is 0.789. The summed E-state index contributed by atoms with van der Waals surface area (Å²) < 4.78 is 13.0. The molecular weight excluding hydrogens is 203 g/mol. The average molecular weight is 215 g/mol. The van der Waals surface area contributed by atoms with Crippen LogP contribution in [0.1, 0.15) is 6.42 Å². The van der Waals surface area contributed by atoms with Crippen molar-refractivity contribution in [3.63, 3.8) is 0 Å². The van der Waals surface area contributed by atoms with E-state index in [0.29, 0.717) is 11.1 Å². The lowest BCUT2D eigenvalue weighted by Gasteiger charge is -2.12. The Kier molecular flexibility index (Phi) is 2.89. The molecule has 0 radical (unpaired) electrons. The fourth-order valence-corrected chi connectivity index (χ4v) is 1.87. The zero-order chi connectivity index (χ0) is 9.97. The Bertz CT molecular complexity index is 304. The van der Waals surface area contributed by atoms with E-state index in [-0.39, 0.29) is 5.82 Å². The Morgan fingerprint density at radius 2 is 2.29 bits per heavy atom. The Morgan fingerprint density at radius 3 is 2.93 bits per heavy atom. The number of nitrogens with one attached hydrogen (secondary N) is 2. The van der Waals surface area contributed by atoms with Gasteiger partial charge in [0.05, 0.1) is 0 Å². The van der Waals surface area contributed by atoms with Gasteiger partial charge in [-0.2, -0.15) is 0 Å². The highest BCUT2D eigenvalue weighted by molar-refractivity contribution is 6.30. The maximum absolute atomic E-state index is 13.0. The first-order valence-corrected chi connectivity index (χ1v) is 5.05. The second-order valence-electron chi connectivity index (χ2n) is 3.49. The molecule has 0 amide bonds. The standard InChI is InChI=1S/C10H12ClFN2/c11-7-3-8(12)5-10(4-7)14-9-1-2-13-6-9/h3-5,9,13-14H,1-2,6H2. The van der Waals surface area contributed by atoms with Gasteiger partial charge in [-0.05, 0) is 31.2 Å². The van der Waals surface area contributed by atoms with Crippen molar-refractivity contribution in [2.75, 3.05) is 18.4 Å². The maximum Gasteiger partial charge on any atom is 0.126 e. The number of halogens is 2. The number of hydrogen-bond donors (Lipinski definition) is 2. The molecule has 1 atom stereocenters. The predicted molar refractivity (Wildman–Crippen MR) is 56.3 cm³/mol. The number of rotatable bonds is 2. The summed E-state index contributed by atoms with van der Waals surface area (Å²) in [6.07, 6.45) is 1.06. The van der Waals surface area contributed by atoms with Gasteiger partial charge in [0.2, 0.25) is 0 Å². The van der Waals surface area contributed by atoms with Crippen LogP contribution in [0.15, 0.2) is 18.2 Å². The van der Waals surface area contributed by atoms with Gasteiger partial charge in [0.1, 0.15) is 5.82 Å². The lowest BCUT2D eigenvalue weighted by Crippen LogP contribution is -2.22. The minimum absolute atomic E-state index is 0.300. The summed E-state index contributed by atoms with van der Waals surface area (Å²) in [4.78, 5) is 0. The molecule has 1 aromatic carbocycles. The van der Waals surface area contributed by atoms with Crippen LogP contribution in [-0.2, 0) is 0 Å². The largest absolute Gasteiger partial charge is 0.381 e. The van der Waals surface area contributed by atoms with Crippen molar-refractivity contribution in [2.24, 2.45) is 0 Å². The highest BCUT2D eigenvalue weighted by Crippen LogP contribution is 2.19. The van der Waals surface area contributed by atoms with E-state index in [1.165, 1.54) is 12.1 Å². The molecule has 1 fully saturated rings. The summed E-state index contributed by atoms with van der Waals surface area (Å²) in [5.41, 5.74) is 0.753. The summed E-state index contributed by atoms with van der Waals surface area (Å²) in [5, 5.41) is 6.90. The molecular formula is C10H12ClFN2. The van der Waals surface area contributed by atoms with Crippen molar-refractivity contribution >= 4 is 17.3 Å². The summed E-state index contributed by atoms with van der Waals surface area (Å²) in [5.74, 6) is -0.300. The Hall–Kier alpha value is -0.800. The van der Waals surface area contributed by atoms with E-state index in [4.69, 9.17) is 11.6 Å². The third-order valence-corrected chi connectivity index (χ3v) is 2.51. The van der Waals surface area contributed by atoms with Crippen LogP contribution in [-0.4, -0.2) is 19.1 Å². The van der Waals surface area contributed by atoms with Gasteiger partial charge in [-0.25, -0.2) is 4.39 Å². The van der Waals surface area contributed by atoms with Gasteiger partial charge in [-0.1, -0.05) is 11.6 Å². The molecule has 2 nitrogen and oxygen atoms in total. The molecule has 76 valence electrons. The summed E-state index contributed by atoms with van der Waals surface area (Å²) in [6, 6.07) is 4.89. The number of benzene rings is 1. The van der Waals surface area contributed by atoms with Crippen LogP contribution in [0.4, 0.5) is 10.1 Å². The first-order chi connectivity index (χ1) is 6.74. The van der Waals surface area contributed by atoms with Crippen molar-refractivity contribution < 1.29 is 4.39 Å². The molecule has 1 saturated heterocycles. The number of hydrogen-bond acceptors (Lipinski definition) is 2. The predicted octanol–water partition coefficient (Wildman–Crippen LogP) is 2.25. The summed E-state index contributed by atoms with van der Waals surface area (Å²) >= 11 is 5.74. The molecule has 1 aromatic rings. The molecule has 1 heterocycles. The molecule has 0 bridgehead atoms. The highest BCUT2D eigenvalue weighted by Gasteiger charge is 2.13. The SMILES string of the molecule is Fc1cc(Cl)cc(NC2CCNC2)c1. The van der Waals surface area contributed by atoms with Crippen LogP contribution >= 0.6 is 11.6 Å². The van der Waals surface area contributed by atoms with Crippen molar-refractivity contribution in [3.05, 3.63) is 29.0 Å². The van der Waals surface area contributed by atoms with E-state index in [1.807, 2.05) is 0 Å². The average Bonchev–Trinajstić information content (AvgIpc) is 2.54. The van der Waals surface area contributed by atoms with Gasteiger partial charge in [-0.3, -0.25) is 0 Å². The molecule has 1 aliphatic heterocycles. The van der Waals surface area contributed by atoms with Crippen molar-refractivity contribution in [1.29, 1.82) is 0 Å². The fourth-order valence-electron chi connectivity index (χ4n) is 1.65. The van der Waals surface area contributed by atoms with Gasteiger partial charge in [0.15, 0.2) is 0 Å². The van der Waals surface area contributed by atoms with E-state index in [0.717, 1.165) is 25.2 Å². The van der Waals surface area contributed by atoms with Crippen molar-refractivity contribution in [1.82, 2.24) is 5.32 Å². The van der Waals surface area contributed by atoms with Crippen molar-refractivity contribution in [3.8, 4) is 0 Å². The Balaban J connectivity index is 2.07. The third kappa shape index (κ3) is 2.36. The van der Waals surface area contributed by atoms with E-state index in [1.54, 1.807) is 6.07 Å². The van der Waals surface area contributed by atoms with E-state index in [2.05, 4.69) is 10.6 Å². The maximum atomic E-state index is 13.0. The molecule has 0 aromatic heterocycles. The highest BCUT2D eigenvalue weighted by atomic mass is 35.5. The zero-order valence-electron chi connectivity index (χ0n) is 7.69. The lowest BCUT2D eigenvalue weighted by molar-refractivity contribution is 0.628. The summed E-state index contributed by atoms with van der Waals surface area (Å²) in [7, 11) is 0. The minimum Gasteiger partial charge on any atom is -0.381 e. The van der Waals surface area contributed by atoms with Crippen molar-refractivity contribution in [2.45, 2.75) is 12.5 Å². The van der Waals surface area contributed by atoms with Gasteiger partial charge < -0.3 is 10.6 Å². The Labute approximate surface area is 87.5 Å². The van der Waals surface area contributed by atoms with E-state index >= 15 is 0 Å². The zero-order valence-corrected chi connectivity index (χ0v) is 8.44. The van der Waals surface area contributed by atoms with Gasteiger partial charge in [0.25, 0.3) is 0 Å². The molecule has 1 unspecified atom stereocenters. The van der Waals surface area contributed by atoms with Crippen LogP contribution in [0.3, 0.4) is 0 Å². The van der Waals surface area contributed by atoms with E-state index < -0.39 is 0 Å². The molecule has 14 heavy (non-hydrogen) atoms. The minimum atomic E-state index is -0.300. The van der Waals surface area contributed by atoms with Crippen LogP contribution in [0.25, 0.3) is 0 Å². The first kappa shape index (κ1) is 9.74. The van der Waals surface area contributed by atoms with Crippen LogP contribution in [0, 0.1) is 5.82 Å². The smallest absolute Gasteiger partial charge is 0.126 e. The van der Waals surface area contributed by atoms with Crippen LogP contribution in [0.2, 0.25) is 5.02 Å². The van der Waals surface area contributed by atoms with Gasteiger partial charge >= 0.3 is 0 Å².